The average Bonchev–Trinajstić information content (AvgIpc) is 2.38. The van der Waals surface area contributed by atoms with Crippen LogP contribution < -0.4 is 10.9 Å². The molecule has 7 heteroatoms. The van der Waals surface area contributed by atoms with Crippen molar-refractivity contribution in [2.24, 2.45) is 0 Å². The minimum absolute atomic E-state index is 0.255. The van der Waals surface area contributed by atoms with Crippen LogP contribution in [0.3, 0.4) is 0 Å². The molecule has 19 heavy (non-hydrogen) atoms. The fraction of sp³-hybridized carbons (Fsp3) is 0.0833. The third-order valence-electron chi connectivity index (χ3n) is 2.22. The Hall–Kier alpha value is -2.67. The number of benzene rings is 1. The first kappa shape index (κ1) is 12.8. The maximum absolute atomic E-state index is 11.7. The van der Waals surface area contributed by atoms with E-state index in [1.54, 1.807) is 24.3 Å². The number of hydroxylamine groups is 1. The van der Waals surface area contributed by atoms with Crippen molar-refractivity contribution in [2.75, 3.05) is 6.61 Å². The zero-order valence-corrected chi connectivity index (χ0v) is 9.58. The molecule has 0 aliphatic rings. The van der Waals surface area contributed by atoms with Crippen LogP contribution in [0, 0.1) is 0 Å². The van der Waals surface area contributed by atoms with Crippen molar-refractivity contribution in [2.45, 2.75) is 0 Å². The number of carboxylic acids is 1. The lowest BCUT2D eigenvalue weighted by Crippen LogP contribution is -2.27. The number of hydrogen-bond donors (Lipinski definition) is 2. The second-order valence-electron chi connectivity index (χ2n) is 3.58. The summed E-state index contributed by atoms with van der Waals surface area (Å²) >= 11 is 0. The molecule has 7 nitrogen and oxygen atoms in total. The van der Waals surface area contributed by atoms with Gasteiger partial charge in [0.1, 0.15) is 5.58 Å². The SMILES string of the molecule is O=C(O)CONC(=O)c1cc(=O)c2ccccc2o1. The Bertz CT molecular complexity index is 690. The van der Waals surface area contributed by atoms with Crippen molar-refractivity contribution in [3.63, 3.8) is 0 Å². The molecule has 0 aliphatic heterocycles. The van der Waals surface area contributed by atoms with Gasteiger partial charge in [0, 0.05) is 6.07 Å². The smallest absolute Gasteiger partial charge is 0.332 e. The number of rotatable bonds is 4. The molecule has 2 rings (SSSR count). The van der Waals surface area contributed by atoms with E-state index in [0.29, 0.717) is 5.39 Å². The second-order valence-corrected chi connectivity index (χ2v) is 3.58. The number of aliphatic carboxylic acids is 1. The number of carboxylic acid groups (broad SMARTS) is 1. The predicted molar refractivity (Wildman–Crippen MR) is 63.5 cm³/mol. The molecule has 2 N–H and O–H groups in total. The van der Waals surface area contributed by atoms with E-state index in [2.05, 4.69) is 4.84 Å². The van der Waals surface area contributed by atoms with Gasteiger partial charge in [-0.2, -0.15) is 0 Å². The van der Waals surface area contributed by atoms with Gasteiger partial charge in [0.2, 0.25) is 0 Å². The highest BCUT2D eigenvalue weighted by molar-refractivity contribution is 5.92. The van der Waals surface area contributed by atoms with Gasteiger partial charge >= 0.3 is 11.9 Å². The molecule has 0 radical (unpaired) electrons. The van der Waals surface area contributed by atoms with Gasteiger partial charge in [0.05, 0.1) is 5.39 Å². The zero-order chi connectivity index (χ0) is 13.8. The number of amides is 1. The van der Waals surface area contributed by atoms with Crippen molar-refractivity contribution < 1.29 is 24.0 Å². The Kier molecular flexibility index (Phi) is 3.58. The summed E-state index contributed by atoms with van der Waals surface area (Å²) in [7, 11) is 0. The van der Waals surface area contributed by atoms with Gasteiger partial charge in [-0.05, 0) is 12.1 Å². The van der Waals surface area contributed by atoms with Gasteiger partial charge in [0.25, 0.3) is 0 Å². The van der Waals surface area contributed by atoms with Crippen LogP contribution >= 0.6 is 0 Å². The van der Waals surface area contributed by atoms with E-state index in [9.17, 15) is 14.4 Å². The monoisotopic (exact) mass is 263 g/mol. The van der Waals surface area contributed by atoms with Crippen LogP contribution in [-0.4, -0.2) is 23.6 Å². The Balaban J connectivity index is 2.23. The highest BCUT2D eigenvalue weighted by atomic mass is 16.7. The molecule has 0 atom stereocenters. The fourth-order valence-corrected chi connectivity index (χ4v) is 1.43. The van der Waals surface area contributed by atoms with Gasteiger partial charge in [-0.1, -0.05) is 12.1 Å². The number of nitrogens with one attached hydrogen (secondary N) is 1. The van der Waals surface area contributed by atoms with Crippen LogP contribution in [0.4, 0.5) is 0 Å². The third-order valence-corrected chi connectivity index (χ3v) is 2.22. The highest BCUT2D eigenvalue weighted by Crippen LogP contribution is 2.11. The first-order valence-electron chi connectivity index (χ1n) is 5.25. The van der Waals surface area contributed by atoms with E-state index >= 15 is 0 Å². The normalized spacial score (nSPS) is 10.3. The largest absolute Gasteiger partial charge is 0.479 e. The Morgan fingerprint density at radius 3 is 2.79 bits per heavy atom. The maximum atomic E-state index is 11.7. The van der Waals surface area contributed by atoms with Crippen molar-refractivity contribution in [1.29, 1.82) is 0 Å². The molecule has 1 aromatic carbocycles. The molecular weight excluding hydrogens is 254 g/mol. The third kappa shape index (κ3) is 2.96. The molecule has 2 aromatic rings. The molecule has 1 amide bonds. The van der Waals surface area contributed by atoms with Crippen molar-refractivity contribution in [3.05, 3.63) is 46.3 Å². The summed E-state index contributed by atoms with van der Waals surface area (Å²) in [6.45, 7) is -0.691. The maximum Gasteiger partial charge on any atom is 0.332 e. The Morgan fingerprint density at radius 2 is 2.05 bits per heavy atom. The van der Waals surface area contributed by atoms with Gasteiger partial charge in [-0.25, -0.2) is 10.3 Å². The summed E-state index contributed by atoms with van der Waals surface area (Å²) in [5, 5.41) is 8.68. The topological polar surface area (TPSA) is 106 Å². The summed E-state index contributed by atoms with van der Waals surface area (Å²) < 4.78 is 5.22. The summed E-state index contributed by atoms with van der Waals surface area (Å²) in [5.41, 5.74) is 1.76. The Labute approximate surface area is 106 Å². The average molecular weight is 263 g/mol. The van der Waals surface area contributed by atoms with Crippen molar-refractivity contribution in [3.8, 4) is 0 Å². The molecule has 0 unspecified atom stereocenters. The van der Waals surface area contributed by atoms with Crippen LogP contribution in [0.5, 0.6) is 0 Å². The van der Waals surface area contributed by atoms with Crippen LogP contribution in [0.1, 0.15) is 10.6 Å². The van der Waals surface area contributed by atoms with Crippen LogP contribution in [0.15, 0.2) is 39.5 Å². The number of para-hydroxylation sites is 1. The predicted octanol–water partition coefficient (Wildman–Crippen LogP) is 0.539. The second kappa shape index (κ2) is 5.32. The molecule has 0 saturated heterocycles. The van der Waals surface area contributed by atoms with E-state index in [-0.39, 0.29) is 16.8 Å². The van der Waals surface area contributed by atoms with E-state index in [1.807, 2.05) is 5.48 Å². The first-order valence-corrected chi connectivity index (χ1v) is 5.25. The molecule has 0 bridgehead atoms. The highest BCUT2D eigenvalue weighted by Gasteiger charge is 2.12. The van der Waals surface area contributed by atoms with Crippen LogP contribution in [0.25, 0.3) is 11.0 Å². The van der Waals surface area contributed by atoms with Gasteiger partial charge in [-0.3, -0.25) is 14.4 Å². The quantitative estimate of drug-likeness (QED) is 0.780. The van der Waals surface area contributed by atoms with E-state index < -0.39 is 18.5 Å². The fourth-order valence-electron chi connectivity index (χ4n) is 1.43. The number of carbonyl (C=O) groups excluding carboxylic acids is 1. The molecule has 0 spiro atoms. The van der Waals surface area contributed by atoms with Gasteiger partial charge in [-0.15, -0.1) is 0 Å². The van der Waals surface area contributed by atoms with Crippen molar-refractivity contribution >= 4 is 22.8 Å². The standard InChI is InChI=1S/C12H9NO6/c14-8-5-10(12(17)13-18-6-11(15)16)19-9-4-2-1-3-7(8)9/h1-5H,6H2,(H,13,17)(H,15,16). The molecule has 0 fully saturated rings. The number of hydrogen-bond acceptors (Lipinski definition) is 5. The lowest BCUT2D eigenvalue weighted by Gasteiger charge is -2.04. The molecule has 0 saturated carbocycles. The summed E-state index contributed by atoms with van der Waals surface area (Å²) in [6, 6.07) is 7.47. The molecule has 0 aliphatic carbocycles. The lowest BCUT2D eigenvalue weighted by molar-refractivity contribution is -0.144. The summed E-state index contributed by atoms with van der Waals surface area (Å²) in [4.78, 5) is 37.9. The molecule has 1 aromatic heterocycles. The van der Waals surface area contributed by atoms with Gasteiger partial charge < -0.3 is 9.52 Å². The lowest BCUT2D eigenvalue weighted by atomic mass is 10.2. The minimum atomic E-state index is -1.24. The van der Waals surface area contributed by atoms with Crippen LogP contribution in [0.2, 0.25) is 0 Å². The minimum Gasteiger partial charge on any atom is -0.479 e. The molecule has 98 valence electrons. The zero-order valence-electron chi connectivity index (χ0n) is 9.58. The first-order chi connectivity index (χ1) is 9.08. The van der Waals surface area contributed by atoms with Gasteiger partial charge in [0.15, 0.2) is 17.8 Å². The van der Waals surface area contributed by atoms with E-state index in [4.69, 9.17) is 9.52 Å². The number of carbonyl (C=O) groups is 2. The van der Waals surface area contributed by atoms with Crippen LogP contribution in [-0.2, 0) is 9.63 Å². The number of fused-ring (bicyclic) bond motifs is 1. The Morgan fingerprint density at radius 1 is 1.32 bits per heavy atom. The van der Waals surface area contributed by atoms with E-state index in [1.165, 1.54) is 0 Å². The van der Waals surface area contributed by atoms with E-state index in [0.717, 1.165) is 6.07 Å². The molecule has 1 heterocycles. The summed E-state index contributed by atoms with van der Waals surface area (Å²) in [6.07, 6.45) is 0. The summed E-state index contributed by atoms with van der Waals surface area (Å²) in [5.74, 6) is -2.32. The molecular formula is C12H9NO6. The van der Waals surface area contributed by atoms with Crippen molar-refractivity contribution in [1.82, 2.24) is 5.48 Å².